The number of carbonyl (C=O) groups is 1. The summed E-state index contributed by atoms with van der Waals surface area (Å²) in [6.45, 7) is 1.66. The lowest BCUT2D eigenvalue weighted by atomic mass is 9.93. The van der Waals surface area contributed by atoms with E-state index >= 15 is 0 Å². The van der Waals surface area contributed by atoms with Crippen molar-refractivity contribution in [3.63, 3.8) is 0 Å². The van der Waals surface area contributed by atoms with E-state index in [9.17, 15) is 9.90 Å². The molecule has 0 spiro atoms. The first-order chi connectivity index (χ1) is 11.2. The maximum absolute atomic E-state index is 12.2. The van der Waals surface area contributed by atoms with Gasteiger partial charge < -0.3 is 20.6 Å². The third-order valence-corrected chi connectivity index (χ3v) is 4.62. The highest BCUT2D eigenvalue weighted by Crippen LogP contribution is 2.18. The van der Waals surface area contributed by atoms with Crippen LogP contribution < -0.4 is 15.5 Å². The lowest BCUT2D eigenvalue weighted by Crippen LogP contribution is -2.53. The minimum absolute atomic E-state index is 0.104. The molecule has 0 unspecified atom stereocenters. The SMILES string of the molecule is O=C(NC1CCC(O)CC1)N[C@H]1CCCN(c2ncccn2)C1. The number of nitrogens with one attached hydrogen (secondary N) is 2. The number of nitrogens with zero attached hydrogens (tertiary/aromatic N) is 3. The molecular weight excluding hydrogens is 294 g/mol. The van der Waals surface area contributed by atoms with Gasteiger partial charge in [-0.1, -0.05) is 0 Å². The molecule has 2 aliphatic rings. The Balaban J connectivity index is 1.46. The second-order valence-electron chi connectivity index (χ2n) is 6.46. The molecule has 0 radical (unpaired) electrons. The number of amides is 2. The second-order valence-corrected chi connectivity index (χ2v) is 6.46. The Labute approximate surface area is 136 Å². The Kier molecular flexibility index (Phi) is 5.27. The van der Waals surface area contributed by atoms with E-state index in [4.69, 9.17) is 0 Å². The molecule has 3 rings (SSSR count). The van der Waals surface area contributed by atoms with Crippen LogP contribution in [-0.2, 0) is 0 Å². The minimum atomic E-state index is -0.200. The van der Waals surface area contributed by atoms with E-state index in [-0.39, 0.29) is 24.2 Å². The molecule has 3 N–H and O–H groups in total. The summed E-state index contributed by atoms with van der Waals surface area (Å²) in [6.07, 6.45) is 8.51. The molecule has 1 aliphatic carbocycles. The van der Waals surface area contributed by atoms with E-state index in [1.165, 1.54) is 0 Å². The number of rotatable bonds is 3. The number of aromatic nitrogens is 2. The molecule has 1 aromatic rings. The van der Waals surface area contributed by atoms with E-state index in [0.29, 0.717) is 0 Å². The van der Waals surface area contributed by atoms with Crippen molar-refractivity contribution < 1.29 is 9.90 Å². The van der Waals surface area contributed by atoms with Crippen LogP contribution in [0.1, 0.15) is 38.5 Å². The molecule has 7 nitrogen and oxygen atoms in total. The maximum Gasteiger partial charge on any atom is 0.315 e. The highest BCUT2D eigenvalue weighted by atomic mass is 16.3. The van der Waals surface area contributed by atoms with Gasteiger partial charge in [-0.2, -0.15) is 0 Å². The van der Waals surface area contributed by atoms with E-state index in [0.717, 1.165) is 57.6 Å². The number of hydrogen-bond donors (Lipinski definition) is 3. The summed E-state index contributed by atoms with van der Waals surface area (Å²) in [6, 6.07) is 1.99. The Hall–Kier alpha value is -1.89. The van der Waals surface area contributed by atoms with Gasteiger partial charge in [0, 0.05) is 37.6 Å². The van der Waals surface area contributed by atoms with Crippen molar-refractivity contribution in [3.05, 3.63) is 18.5 Å². The van der Waals surface area contributed by atoms with Crippen LogP contribution in [0.3, 0.4) is 0 Å². The minimum Gasteiger partial charge on any atom is -0.393 e. The second kappa shape index (κ2) is 7.59. The highest BCUT2D eigenvalue weighted by molar-refractivity contribution is 5.74. The first-order valence-electron chi connectivity index (χ1n) is 8.48. The van der Waals surface area contributed by atoms with Crippen molar-refractivity contribution in [1.82, 2.24) is 20.6 Å². The molecule has 126 valence electrons. The van der Waals surface area contributed by atoms with Gasteiger partial charge in [0.05, 0.1) is 6.10 Å². The molecule has 1 saturated heterocycles. The number of carbonyl (C=O) groups excluding carboxylic acids is 1. The van der Waals surface area contributed by atoms with Crippen molar-refractivity contribution in [2.24, 2.45) is 0 Å². The van der Waals surface area contributed by atoms with Crippen molar-refractivity contribution in [2.75, 3.05) is 18.0 Å². The predicted molar refractivity (Wildman–Crippen MR) is 87.2 cm³/mol. The molecule has 2 amide bonds. The third kappa shape index (κ3) is 4.54. The quantitative estimate of drug-likeness (QED) is 0.775. The summed E-state index contributed by atoms with van der Waals surface area (Å²) in [5, 5.41) is 15.6. The maximum atomic E-state index is 12.2. The van der Waals surface area contributed by atoms with Crippen LogP contribution in [0, 0.1) is 0 Å². The summed E-state index contributed by atoms with van der Waals surface area (Å²) in [5.41, 5.74) is 0. The van der Waals surface area contributed by atoms with Gasteiger partial charge in [-0.15, -0.1) is 0 Å². The zero-order valence-electron chi connectivity index (χ0n) is 13.3. The van der Waals surface area contributed by atoms with Gasteiger partial charge >= 0.3 is 6.03 Å². The first-order valence-corrected chi connectivity index (χ1v) is 8.48. The molecule has 1 atom stereocenters. The van der Waals surface area contributed by atoms with Crippen LogP contribution in [0.25, 0.3) is 0 Å². The number of hydrogen-bond acceptors (Lipinski definition) is 5. The van der Waals surface area contributed by atoms with Crippen LogP contribution in [0.2, 0.25) is 0 Å². The van der Waals surface area contributed by atoms with E-state index in [2.05, 4.69) is 25.5 Å². The number of anilines is 1. The fraction of sp³-hybridized carbons (Fsp3) is 0.688. The van der Waals surface area contributed by atoms with Gasteiger partial charge in [-0.25, -0.2) is 14.8 Å². The summed E-state index contributed by atoms with van der Waals surface area (Å²) < 4.78 is 0. The van der Waals surface area contributed by atoms with Gasteiger partial charge in [0.15, 0.2) is 0 Å². The van der Waals surface area contributed by atoms with Crippen LogP contribution in [0.15, 0.2) is 18.5 Å². The lowest BCUT2D eigenvalue weighted by Gasteiger charge is -2.33. The number of aliphatic hydroxyl groups excluding tert-OH is 1. The van der Waals surface area contributed by atoms with Crippen molar-refractivity contribution in [2.45, 2.75) is 56.7 Å². The Bertz CT molecular complexity index is 504. The Morgan fingerprint density at radius 3 is 2.52 bits per heavy atom. The average Bonchev–Trinajstić information content (AvgIpc) is 2.58. The fourth-order valence-corrected chi connectivity index (χ4v) is 3.36. The normalized spacial score (nSPS) is 28.2. The van der Waals surface area contributed by atoms with E-state index in [1.54, 1.807) is 18.5 Å². The Morgan fingerprint density at radius 2 is 1.78 bits per heavy atom. The molecule has 0 bridgehead atoms. The topological polar surface area (TPSA) is 90.4 Å². The number of aliphatic hydroxyl groups is 1. The van der Waals surface area contributed by atoms with Gasteiger partial charge in [-0.05, 0) is 44.6 Å². The third-order valence-electron chi connectivity index (χ3n) is 4.62. The molecule has 0 aromatic carbocycles. The number of piperidine rings is 1. The standard InChI is InChI=1S/C16H25N5O2/c22-14-6-4-12(5-7-14)19-16(23)20-13-3-1-10-21(11-13)15-17-8-2-9-18-15/h2,8-9,12-14,22H,1,3-7,10-11H2,(H2,19,20,23)/t12?,13-,14?/m0/s1. The zero-order valence-corrected chi connectivity index (χ0v) is 13.3. The van der Waals surface area contributed by atoms with Crippen molar-refractivity contribution in [3.8, 4) is 0 Å². The monoisotopic (exact) mass is 319 g/mol. The summed E-state index contributed by atoms with van der Waals surface area (Å²) in [4.78, 5) is 22.8. The summed E-state index contributed by atoms with van der Waals surface area (Å²) in [7, 11) is 0. The van der Waals surface area contributed by atoms with Gasteiger partial charge in [0.25, 0.3) is 0 Å². The molecule has 1 aliphatic heterocycles. The predicted octanol–water partition coefficient (Wildman–Crippen LogP) is 1.05. The molecular formula is C16H25N5O2. The Morgan fingerprint density at radius 1 is 1.09 bits per heavy atom. The molecule has 23 heavy (non-hydrogen) atoms. The van der Waals surface area contributed by atoms with Crippen LogP contribution >= 0.6 is 0 Å². The molecule has 7 heteroatoms. The van der Waals surface area contributed by atoms with Crippen LogP contribution in [0.4, 0.5) is 10.7 Å². The first kappa shape index (κ1) is 16.0. The molecule has 1 aromatic heterocycles. The average molecular weight is 319 g/mol. The van der Waals surface area contributed by atoms with E-state index in [1.807, 2.05) is 0 Å². The highest BCUT2D eigenvalue weighted by Gasteiger charge is 2.25. The lowest BCUT2D eigenvalue weighted by molar-refractivity contribution is 0.117. The fourth-order valence-electron chi connectivity index (χ4n) is 3.36. The van der Waals surface area contributed by atoms with Gasteiger partial charge in [0.1, 0.15) is 0 Å². The van der Waals surface area contributed by atoms with Gasteiger partial charge in [-0.3, -0.25) is 0 Å². The molecule has 2 heterocycles. The molecule has 1 saturated carbocycles. The largest absolute Gasteiger partial charge is 0.393 e. The van der Waals surface area contributed by atoms with Crippen LogP contribution in [-0.4, -0.2) is 52.4 Å². The van der Waals surface area contributed by atoms with Gasteiger partial charge in [0.2, 0.25) is 5.95 Å². The smallest absolute Gasteiger partial charge is 0.315 e. The number of urea groups is 1. The van der Waals surface area contributed by atoms with E-state index < -0.39 is 0 Å². The zero-order chi connectivity index (χ0) is 16.1. The van der Waals surface area contributed by atoms with Crippen LogP contribution in [0.5, 0.6) is 0 Å². The summed E-state index contributed by atoms with van der Waals surface area (Å²) >= 11 is 0. The molecule has 2 fully saturated rings. The van der Waals surface area contributed by atoms with Crippen molar-refractivity contribution >= 4 is 12.0 Å². The summed E-state index contributed by atoms with van der Waals surface area (Å²) in [5.74, 6) is 0.723. The van der Waals surface area contributed by atoms with Crippen molar-refractivity contribution in [1.29, 1.82) is 0 Å².